The Kier molecular flexibility index (Phi) is 5.96. The highest BCUT2D eigenvalue weighted by Gasteiger charge is 2.72. The number of benzene rings is 3. The van der Waals surface area contributed by atoms with Crippen molar-refractivity contribution in [2.75, 3.05) is 12.4 Å². The maximum Gasteiger partial charge on any atom is 0.323 e. The molecule has 6 heteroatoms. The van der Waals surface area contributed by atoms with Crippen molar-refractivity contribution >= 4 is 29.7 Å². The summed E-state index contributed by atoms with van der Waals surface area (Å²) >= 11 is 1.43. The van der Waals surface area contributed by atoms with E-state index in [1.54, 1.807) is 13.1 Å². The minimum Gasteiger partial charge on any atom is -0.465 e. The number of ether oxygens (including phenoxy) is 1. The molecular formula is C29H24N2O3S. The number of thioether (sulfide) groups is 1. The number of nitriles is 1. The molecule has 1 fully saturated rings. The minimum atomic E-state index is -1.60. The van der Waals surface area contributed by atoms with Crippen LogP contribution in [0.1, 0.15) is 29.5 Å². The van der Waals surface area contributed by atoms with Crippen molar-refractivity contribution in [3.8, 4) is 6.07 Å². The van der Waals surface area contributed by atoms with Crippen LogP contribution in [0.2, 0.25) is 0 Å². The highest BCUT2D eigenvalue weighted by atomic mass is 32.2. The van der Waals surface area contributed by atoms with E-state index in [0.29, 0.717) is 5.56 Å². The lowest BCUT2D eigenvalue weighted by atomic mass is 9.64. The summed E-state index contributed by atoms with van der Waals surface area (Å²) in [6.45, 7) is 1.87. The first kappa shape index (κ1) is 22.9. The number of nitrogens with zero attached hydrogens (tertiary/aromatic N) is 2. The largest absolute Gasteiger partial charge is 0.465 e. The molecule has 0 aliphatic carbocycles. The first-order chi connectivity index (χ1) is 17.1. The highest BCUT2D eigenvalue weighted by Crippen LogP contribution is 2.62. The fourth-order valence-corrected chi connectivity index (χ4v) is 6.49. The van der Waals surface area contributed by atoms with Gasteiger partial charge in [0.15, 0.2) is 11.0 Å². The maximum atomic E-state index is 14.4. The molecule has 5 nitrogen and oxygen atoms in total. The minimum absolute atomic E-state index is 0.136. The fraction of sp³-hybridized carbons (Fsp3) is 0.207. The van der Waals surface area contributed by atoms with Gasteiger partial charge in [-0.2, -0.15) is 5.26 Å². The lowest BCUT2D eigenvalue weighted by Gasteiger charge is -2.40. The first-order valence-corrected chi connectivity index (χ1v) is 12.5. The van der Waals surface area contributed by atoms with Crippen LogP contribution in [0.15, 0.2) is 96.0 Å². The number of fused-ring (bicyclic) bond motifs is 3. The van der Waals surface area contributed by atoms with Gasteiger partial charge in [-0.25, -0.2) is 0 Å². The molecule has 0 radical (unpaired) electrons. The van der Waals surface area contributed by atoms with E-state index in [2.05, 4.69) is 6.07 Å². The normalized spacial score (nSPS) is 24.4. The lowest BCUT2D eigenvalue weighted by molar-refractivity contribution is -0.159. The second kappa shape index (κ2) is 9.09. The van der Waals surface area contributed by atoms with Gasteiger partial charge in [-0.05, 0) is 36.3 Å². The van der Waals surface area contributed by atoms with Crippen LogP contribution in [0.3, 0.4) is 0 Å². The Morgan fingerprint density at radius 3 is 2.37 bits per heavy atom. The van der Waals surface area contributed by atoms with Crippen LogP contribution in [0, 0.1) is 16.7 Å². The van der Waals surface area contributed by atoms with E-state index in [-0.39, 0.29) is 12.4 Å². The zero-order valence-electron chi connectivity index (χ0n) is 19.3. The number of rotatable bonds is 6. The molecule has 1 amide bonds. The van der Waals surface area contributed by atoms with E-state index in [1.807, 2.05) is 91.0 Å². The van der Waals surface area contributed by atoms with Gasteiger partial charge in [0.2, 0.25) is 5.91 Å². The second-order valence-electron chi connectivity index (χ2n) is 8.59. The molecule has 0 spiro atoms. The van der Waals surface area contributed by atoms with E-state index in [0.717, 1.165) is 16.0 Å². The van der Waals surface area contributed by atoms with Crippen LogP contribution in [0.25, 0.3) is 6.08 Å². The molecule has 1 saturated heterocycles. The van der Waals surface area contributed by atoms with Crippen LogP contribution in [0.5, 0.6) is 0 Å². The smallest absolute Gasteiger partial charge is 0.323 e. The van der Waals surface area contributed by atoms with Crippen LogP contribution in [-0.2, 0) is 19.9 Å². The molecule has 2 heterocycles. The molecule has 35 heavy (non-hydrogen) atoms. The topological polar surface area (TPSA) is 70.4 Å². The number of hydrogen-bond donors (Lipinski definition) is 0. The quantitative estimate of drug-likeness (QED) is 0.270. The van der Waals surface area contributed by atoms with Gasteiger partial charge in [0.05, 0.1) is 18.6 Å². The summed E-state index contributed by atoms with van der Waals surface area (Å²) in [6, 6.07) is 29.2. The summed E-state index contributed by atoms with van der Waals surface area (Å²) in [7, 11) is 0. The van der Waals surface area contributed by atoms with Gasteiger partial charge in [0, 0.05) is 22.4 Å². The van der Waals surface area contributed by atoms with Crippen LogP contribution < -0.4 is 0 Å². The first-order valence-electron chi connectivity index (χ1n) is 11.5. The van der Waals surface area contributed by atoms with Crippen LogP contribution >= 0.6 is 11.8 Å². The molecule has 0 aromatic heterocycles. The number of amides is 1. The standard InChI is InChI=1S/C29H24N2O3S/c1-2-34-27(33)28(20-35-23-14-7-4-8-15-23)25(22-12-5-3-6-13-22)29(19-30)24-16-10-9-11-21(24)17-18-31(29)26(28)32/h3-18,25H,2,20H2,1H3/t25-,28-,29+/m1/s1. The van der Waals surface area contributed by atoms with Gasteiger partial charge >= 0.3 is 5.97 Å². The summed E-state index contributed by atoms with van der Waals surface area (Å²) in [6.07, 6.45) is 3.48. The Labute approximate surface area is 209 Å². The second-order valence-corrected chi connectivity index (χ2v) is 9.64. The maximum absolute atomic E-state index is 14.4. The van der Waals surface area contributed by atoms with Crippen molar-refractivity contribution < 1.29 is 14.3 Å². The third-order valence-corrected chi connectivity index (χ3v) is 8.02. The summed E-state index contributed by atoms with van der Waals surface area (Å²) in [5.74, 6) is -1.66. The van der Waals surface area contributed by atoms with E-state index in [1.165, 1.54) is 16.7 Å². The third-order valence-electron chi connectivity index (χ3n) is 6.82. The number of carbonyl (C=O) groups is 2. The van der Waals surface area contributed by atoms with Gasteiger partial charge in [-0.1, -0.05) is 72.8 Å². The van der Waals surface area contributed by atoms with E-state index >= 15 is 0 Å². The average Bonchev–Trinajstić information content (AvgIpc) is 3.14. The molecule has 0 unspecified atom stereocenters. The summed E-state index contributed by atoms with van der Waals surface area (Å²) < 4.78 is 5.59. The number of carbonyl (C=O) groups excluding carboxylic acids is 2. The summed E-state index contributed by atoms with van der Waals surface area (Å²) in [5, 5.41) is 10.8. The summed E-state index contributed by atoms with van der Waals surface area (Å²) in [4.78, 5) is 30.6. The Balaban J connectivity index is 1.78. The monoisotopic (exact) mass is 480 g/mol. The molecule has 0 bridgehead atoms. The molecule has 3 atom stereocenters. The Bertz CT molecular complexity index is 1330. The lowest BCUT2D eigenvalue weighted by Crippen LogP contribution is -2.46. The van der Waals surface area contributed by atoms with Crippen molar-refractivity contribution in [1.82, 2.24) is 4.90 Å². The van der Waals surface area contributed by atoms with Crippen molar-refractivity contribution in [2.45, 2.75) is 23.3 Å². The zero-order valence-corrected chi connectivity index (χ0v) is 20.1. The van der Waals surface area contributed by atoms with E-state index in [9.17, 15) is 14.9 Å². The molecule has 2 aliphatic rings. The summed E-state index contributed by atoms with van der Waals surface area (Å²) in [5.41, 5.74) is -0.683. The Morgan fingerprint density at radius 1 is 1.03 bits per heavy atom. The number of esters is 1. The number of hydrogen-bond acceptors (Lipinski definition) is 5. The van der Waals surface area contributed by atoms with E-state index < -0.39 is 28.7 Å². The molecular weight excluding hydrogens is 456 g/mol. The third kappa shape index (κ3) is 3.38. The van der Waals surface area contributed by atoms with Crippen molar-refractivity contribution in [2.24, 2.45) is 5.41 Å². The SMILES string of the molecule is CCOC(=O)[C@@]1(CSc2ccccc2)C(=O)N2C=Cc3ccccc3[C@@]2(C#N)[C@@H]1c1ccccc1. The predicted octanol–water partition coefficient (Wildman–Crippen LogP) is 5.36. The van der Waals surface area contributed by atoms with Crippen molar-refractivity contribution in [1.29, 1.82) is 5.26 Å². The average molecular weight is 481 g/mol. The van der Waals surface area contributed by atoms with Gasteiger partial charge in [0.25, 0.3) is 0 Å². The van der Waals surface area contributed by atoms with Crippen molar-refractivity contribution in [3.05, 3.63) is 108 Å². The molecule has 3 aromatic rings. The zero-order chi connectivity index (χ0) is 24.5. The van der Waals surface area contributed by atoms with Crippen LogP contribution in [0.4, 0.5) is 0 Å². The fourth-order valence-electron chi connectivity index (χ4n) is 5.34. The molecule has 5 rings (SSSR count). The van der Waals surface area contributed by atoms with Crippen molar-refractivity contribution in [3.63, 3.8) is 0 Å². The van der Waals surface area contributed by atoms with Gasteiger partial charge in [0.1, 0.15) is 0 Å². The van der Waals surface area contributed by atoms with Gasteiger partial charge in [-0.15, -0.1) is 11.8 Å². The molecule has 2 aliphatic heterocycles. The Morgan fingerprint density at radius 2 is 1.69 bits per heavy atom. The van der Waals surface area contributed by atoms with E-state index in [4.69, 9.17) is 4.74 Å². The molecule has 174 valence electrons. The molecule has 3 aromatic carbocycles. The predicted molar refractivity (Wildman–Crippen MR) is 135 cm³/mol. The Hall–Kier alpha value is -3.82. The highest BCUT2D eigenvalue weighted by molar-refractivity contribution is 7.99. The molecule has 0 N–H and O–H groups in total. The molecule has 0 saturated carbocycles. The van der Waals surface area contributed by atoms with Gasteiger partial charge in [-0.3, -0.25) is 14.5 Å². The van der Waals surface area contributed by atoms with Crippen LogP contribution in [-0.4, -0.2) is 29.1 Å². The van der Waals surface area contributed by atoms with Gasteiger partial charge < -0.3 is 4.74 Å².